The van der Waals surface area contributed by atoms with Crippen LogP contribution in [0.25, 0.3) is 0 Å². The molecule has 0 bridgehead atoms. The van der Waals surface area contributed by atoms with Gasteiger partial charge in [-0.05, 0) is 131 Å². The number of ether oxygens (including phenoxy) is 1. The van der Waals surface area contributed by atoms with Crippen molar-refractivity contribution >= 4 is 12.0 Å². The Bertz CT molecular complexity index is 1570. The van der Waals surface area contributed by atoms with Gasteiger partial charge in [-0.3, -0.25) is 9.36 Å². The Morgan fingerprint density at radius 1 is 0.804 bits per heavy atom. The minimum absolute atomic E-state index is 0.112. The van der Waals surface area contributed by atoms with Crippen molar-refractivity contribution < 1.29 is 14.3 Å². The van der Waals surface area contributed by atoms with Crippen LogP contribution in [0.15, 0.2) is 36.9 Å². The lowest BCUT2D eigenvalue weighted by molar-refractivity contribution is -0.244. The number of hydrogen-bond donors (Lipinski definition) is 0. The van der Waals surface area contributed by atoms with Gasteiger partial charge < -0.3 is 4.74 Å². The first-order valence-corrected chi connectivity index (χ1v) is 18.0. The summed E-state index contributed by atoms with van der Waals surface area (Å²) in [4.78, 5) is 36.4. The summed E-state index contributed by atoms with van der Waals surface area (Å²) in [7, 11) is 0. The van der Waals surface area contributed by atoms with Gasteiger partial charge in [0.05, 0.1) is 5.41 Å². The Labute approximate surface area is 276 Å². The van der Waals surface area contributed by atoms with Crippen molar-refractivity contribution in [2.24, 2.45) is 56.7 Å². The van der Waals surface area contributed by atoms with Gasteiger partial charge in [-0.1, -0.05) is 46.8 Å². The molecule has 5 fully saturated rings. The topological polar surface area (TPSA) is 79.0 Å². The highest BCUT2D eigenvalue weighted by atomic mass is 16.6. The Morgan fingerprint density at radius 2 is 1.48 bits per heavy atom. The number of nitrogens with zero attached hydrogens (tertiary/aromatic N) is 4. The average Bonchev–Trinajstić information content (AvgIpc) is 3.73. The molecule has 0 spiro atoms. The second kappa shape index (κ2) is 10.4. The van der Waals surface area contributed by atoms with E-state index < -0.39 is 0 Å². The van der Waals surface area contributed by atoms with Crippen LogP contribution in [0.3, 0.4) is 0 Å². The summed E-state index contributed by atoms with van der Waals surface area (Å²) < 4.78 is 9.68. The normalized spacial score (nSPS) is 42.7. The van der Waals surface area contributed by atoms with Crippen molar-refractivity contribution in [2.75, 3.05) is 0 Å². The van der Waals surface area contributed by atoms with E-state index in [-0.39, 0.29) is 45.2 Å². The van der Waals surface area contributed by atoms with E-state index in [4.69, 9.17) is 4.74 Å². The van der Waals surface area contributed by atoms with Gasteiger partial charge in [0.2, 0.25) is 5.91 Å². The summed E-state index contributed by atoms with van der Waals surface area (Å²) in [5, 5.41) is 0. The summed E-state index contributed by atoms with van der Waals surface area (Å²) in [6.07, 6.45) is 17.4. The van der Waals surface area contributed by atoms with Crippen LogP contribution in [0.4, 0.5) is 4.79 Å². The van der Waals surface area contributed by atoms with Gasteiger partial charge >= 0.3 is 6.09 Å². The summed E-state index contributed by atoms with van der Waals surface area (Å²) in [5.74, 6) is 4.07. The van der Waals surface area contributed by atoms with Crippen LogP contribution in [0.5, 0.6) is 0 Å². The lowest BCUT2D eigenvalue weighted by Gasteiger charge is -2.72. The van der Waals surface area contributed by atoms with E-state index in [9.17, 15) is 9.59 Å². The molecule has 5 aliphatic carbocycles. The van der Waals surface area contributed by atoms with E-state index in [1.165, 1.54) is 29.4 Å². The number of rotatable bonds is 3. The number of hydrogen-bond acceptors (Lipinski definition) is 5. The van der Waals surface area contributed by atoms with Gasteiger partial charge in [0.25, 0.3) is 0 Å². The van der Waals surface area contributed by atoms with Crippen LogP contribution in [0.1, 0.15) is 122 Å². The SMILES string of the molecule is C=C(C)[C@@H]1CC[C@]2(C(=O)n3ccnc3C)CC[C@]3(C)C(CCC4[C@@]5(C)CC[C@H](OC(=O)n6ccnc6C)C(C)(C)C5CC[C@]43C)C12. The van der Waals surface area contributed by atoms with E-state index in [2.05, 4.69) is 58.1 Å². The molecule has 7 rings (SSSR count). The number of carbonyl (C=O) groups is 2. The number of aromatic nitrogens is 4. The summed E-state index contributed by atoms with van der Waals surface area (Å²) in [5.41, 5.74) is 1.34. The fourth-order valence-electron chi connectivity index (χ4n) is 13.3. The summed E-state index contributed by atoms with van der Waals surface area (Å²) in [6.45, 7) is 23.1. The quantitative estimate of drug-likeness (QED) is 0.317. The third kappa shape index (κ3) is 4.07. The molecular formula is C39H56N4O3. The van der Waals surface area contributed by atoms with Gasteiger partial charge in [0, 0.05) is 30.2 Å². The first-order valence-electron chi connectivity index (χ1n) is 18.0. The van der Waals surface area contributed by atoms with Crippen molar-refractivity contribution in [1.29, 1.82) is 0 Å². The van der Waals surface area contributed by atoms with Crippen molar-refractivity contribution in [2.45, 2.75) is 126 Å². The predicted molar refractivity (Wildman–Crippen MR) is 179 cm³/mol. The van der Waals surface area contributed by atoms with E-state index in [1.807, 2.05) is 24.6 Å². The number of imidazole rings is 2. The zero-order valence-electron chi connectivity index (χ0n) is 29.6. The zero-order chi connectivity index (χ0) is 33.0. The number of aryl methyl sites for hydroxylation is 2. The molecule has 5 saturated carbocycles. The van der Waals surface area contributed by atoms with Gasteiger partial charge in [0.1, 0.15) is 17.8 Å². The van der Waals surface area contributed by atoms with Crippen LogP contribution in [0.2, 0.25) is 0 Å². The van der Waals surface area contributed by atoms with E-state index in [0.29, 0.717) is 35.4 Å². The molecule has 0 aliphatic heterocycles. The molecule has 2 heterocycles. The summed E-state index contributed by atoms with van der Waals surface area (Å²) in [6, 6.07) is 0. The average molecular weight is 629 g/mol. The van der Waals surface area contributed by atoms with Gasteiger partial charge in [-0.25, -0.2) is 19.3 Å². The van der Waals surface area contributed by atoms with Gasteiger partial charge in [-0.15, -0.1) is 0 Å². The third-order valence-corrected chi connectivity index (χ3v) is 15.7. The molecule has 0 saturated heterocycles. The molecule has 5 aliphatic rings. The molecule has 0 amide bonds. The van der Waals surface area contributed by atoms with Crippen molar-refractivity contribution in [3.05, 3.63) is 48.6 Å². The fraction of sp³-hybridized carbons (Fsp3) is 0.744. The number of carbonyl (C=O) groups excluding carboxylic acids is 2. The van der Waals surface area contributed by atoms with Crippen molar-refractivity contribution in [3.63, 3.8) is 0 Å². The van der Waals surface area contributed by atoms with E-state index in [1.54, 1.807) is 18.6 Å². The largest absolute Gasteiger partial charge is 0.445 e. The number of fused-ring (bicyclic) bond motifs is 7. The van der Waals surface area contributed by atoms with Crippen LogP contribution < -0.4 is 0 Å². The maximum Gasteiger partial charge on any atom is 0.419 e. The second-order valence-corrected chi connectivity index (χ2v) is 17.6. The fourth-order valence-corrected chi connectivity index (χ4v) is 13.3. The lowest BCUT2D eigenvalue weighted by Crippen LogP contribution is -2.67. The molecule has 0 radical (unpaired) electrons. The van der Waals surface area contributed by atoms with Crippen LogP contribution in [0, 0.1) is 70.5 Å². The van der Waals surface area contributed by atoms with E-state index in [0.717, 1.165) is 50.8 Å². The molecule has 7 heteroatoms. The first kappa shape index (κ1) is 31.9. The lowest BCUT2D eigenvalue weighted by atomic mass is 9.32. The molecule has 2 aromatic rings. The highest BCUT2D eigenvalue weighted by Crippen LogP contribution is 2.77. The minimum atomic E-state index is -0.332. The standard InChI is InChI=1S/C39H56N4O3/c1-24(2)27-12-17-39(33(44)42-22-20-40-25(42)3)19-18-37(8)28(32(27)39)10-11-30-36(7)15-14-31(46-34(45)43-23-21-41-26(43)4)35(5,6)29(36)13-16-38(30,37)9/h20-23,27-32H,1,10-19H2,2-9H3/t27-,28?,29?,30?,31-,32?,36-,37+,38+,39-/m0/s1. The molecule has 4 unspecified atom stereocenters. The van der Waals surface area contributed by atoms with Gasteiger partial charge in [-0.2, -0.15) is 0 Å². The smallest absolute Gasteiger partial charge is 0.419 e. The minimum Gasteiger partial charge on any atom is -0.445 e. The molecule has 7 nitrogen and oxygen atoms in total. The molecular weight excluding hydrogens is 572 g/mol. The molecule has 250 valence electrons. The van der Waals surface area contributed by atoms with E-state index >= 15 is 0 Å². The van der Waals surface area contributed by atoms with Gasteiger partial charge in [0.15, 0.2) is 0 Å². The summed E-state index contributed by atoms with van der Waals surface area (Å²) >= 11 is 0. The zero-order valence-corrected chi connectivity index (χ0v) is 29.6. The van der Waals surface area contributed by atoms with Crippen LogP contribution in [-0.4, -0.2) is 37.2 Å². The van der Waals surface area contributed by atoms with Crippen LogP contribution in [-0.2, 0) is 4.74 Å². The Hall–Kier alpha value is -2.70. The highest BCUT2D eigenvalue weighted by Gasteiger charge is 2.72. The maximum absolute atomic E-state index is 14.6. The highest BCUT2D eigenvalue weighted by molar-refractivity contribution is 5.86. The second-order valence-electron chi connectivity index (χ2n) is 17.6. The first-order chi connectivity index (χ1) is 21.6. The van der Waals surface area contributed by atoms with Crippen molar-refractivity contribution in [1.82, 2.24) is 19.1 Å². The monoisotopic (exact) mass is 628 g/mol. The molecule has 46 heavy (non-hydrogen) atoms. The Morgan fingerprint density at radius 3 is 2.11 bits per heavy atom. The van der Waals surface area contributed by atoms with Crippen molar-refractivity contribution in [3.8, 4) is 0 Å². The Balaban J connectivity index is 1.20. The maximum atomic E-state index is 14.6. The molecule has 0 N–H and O–H groups in total. The Kier molecular flexibility index (Phi) is 7.21. The molecule has 10 atom stereocenters. The molecule has 0 aromatic carbocycles. The third-order valence-electron chi connectivity index (χ3n) is 15.7. The molecule has 2 aromatic heterocycles. The number of allylic oxidation sites excluding steroid dienone is 1. The van der Waals surface area contributed by atoms with Crippen LogP contribution >= 0.6 is 0 Å². The predicted octanol–water partition coefficient (Wildman–Crippen LogP) is 9.05.